The molecule has 0 aliphatic carbocycles. The Balaban J connectivity index is 1.28. The van der Waals surface area contributed by atoms with Crippen molar-refractivity contribution in [3.05, 3.63) is 101 Å². The van der Waals surface area contributed by atoms with Gasteiger partial charge in [0.25, 0.3) is 5.56 Å². The normalized spacial score (nSPS) is 11.7. The average Bonchev–Trinajstić information content (AvgIpc) is 2.82. The number of H-pyrrole nitrogens is 1. The summed E-state index contributed by atoms with van der Waals surface area (Å²) >= 11 is 0. The molecule has 0 radical (unpaired) electrons. The molecule has 4 aromatic rings. The van der Waals surface area contributed by atoms with Crippen LogP contribution in [0.3, 0.4) is 0 Å². The van der Waals surface area contributed by atoms with Crippen LogP contribution < -0.4 is 15.0 Å². The van der Waals surface area contributed by atoms with Crippen molar-refractivity contribution in [2.24, 2.45) is 0 Å². The van der Waals surface area contributed by atoms with Crippen molar-refractivity contribution in [1.29, 1.82) is 0 Å². The van der Waals surface area contributed by atoms with Gasteiger partial charge in [0.15, 0.2) is 18.5 Å². The van der Waals surface area contributed by atoms with Crippen LogP contribution in [0.15, 0.2) is 83.7 Å². The van der Waals surface area contributed by atoms with Crippen LogP contribution in [-0.4, -0.2) is 22.5 Å². The number of hydrogen-bond acceptors (Lipinski definition) is 6. The van der Waals surface area contributed by atoms with Gasteiger partial charge in [-0.1, -0.05) is 42.5 Å². The first-order chi connectivity index (χ1) is 15.6. The summed E-state index contributed by atoms with van der Waals surface area (Å²) in [4.78, 5) is 31.4. The lowest BCUT2D eigenvalue weighted by atomic mass is 10.2. The van der Waals surface area contributed by atoms with Crippen molar-refractivity contribution in [3.63, 3.8) is 0 Å². The molecule has 3 aromatic carbocycles. The van der Waals surface area contributed by atoms with Gasteiger partial charge in [0.05, 0.1) is 10.9 Å². The van der Waals surface area contributed by atoms with Crippen molar-refractivity contribution in [2.75, 3.05) is 6.61 Å². The third-order valence-electron chi connectivity index (χ3n) is 4.75. The minimum absolute atomic E-state index is 0.271. The largest absolute Gasteiger partial charge is 0.489 e. The van der Waals surface area contributed by atoms with E-state index in [0.29, 0.717) is 29.0 Å². The molecule has 1 unspecified atom stereocenters. The van der Waals surface area contributed by atoms with E-state index in [4.69, 9.17) is 14.2 Å². The molecule has 1 heterocycles. The fourth-order valence-electron chi connectivity index (χ4n) is 3.10. The van der Waals surface area contributed by atoms with Crippen LogP contribution in [0.1, 0.15) is 24.4 Å². The van der Waals surface area contributed by atoms with Gasteiger partial charge >= 0.3 is 5.97 Å². The van der Waals surface area contributed by atoms with Crippen molar-refractivity contribution in [3.8, 4) is 11.5 Å². The fraction of sp³-hybridized carbons (Fsp3) is 0.160. The maximum absolute atomic E-state index is 12.2. The van der Waals surface area contributed by atoms with Crippen molar-refractivity contribution >= 4 is 16.9 Å². The van der Waals surface area contributed by atoms with Crippen molar-refractivity contribution in [2.45, 2.75) is 19.6 Å². The standard InChI is InChI=1S/C25H22N2O5/c1-17(24-26-22-10-6-5-9-21(22)25(29)27-24)32-23(28)16-31-20-13-11-19(12-14-20)30-15-18-7-3-2-4-8-18/h2-14,17H,15-16H2,1H3,(H,26,27,29). The molecule has 0 aliphatic heterocycles. The second kappa shape index (κ2) is 9.78. The van der Waals surface area contributed by atoms with Gasteiger partial charge in [-0.15, -0.1) is 0 Å². The van der Waals surface area contributed by atoms with Crippen LogP contribution in [-0.2, 0) is 16.1 Å². The first-order valence-electron chi connectivity index (χ1n) is 10.2. The molecular weight excluding hydrogens is 408 g/mol. The predicted octanol–water partition coefficient (Wildman–Crippen LogP) is 4.19. The number of para-hydroxylation sites is 1. The summed E-state index contributed by atoms with van der Waals surface area (Å²) in [6.45, 7) is 1.84. The van der Waals surface area contributed by atoms with Crippen LogP contribution in [0.5, 0.6) is 11.5 Å². The molecule has 1 aromatic heterocycles. The van der Waals surface area contributed by atoms with Crippen LogP contribution in [0, 0.1) is 0 Å². The molecule has 162 valence electrons. The first-order valence-corrected chi connectivity index (χ1v) is 10.2. The van der Waals surface area contributed by atoms with E-state index in [9.17, 15) is 9.59 Å². The number of rotatable bonds is 8. The van der Waals surface area contributed by atoms with Crippen molar-refractivity contribution in [1.82, 2.24) is 9.97 Å². The van der Waals surface area contributed by atoms with Crippen molar-refractivity contribution < 1.29 is 19.0 Å². The SMILES string of the molecule is CC(OC(=O)COc1ccc(OCc2ccccc2)cc1)c1nc2ccccc2c(=O)[nH]1. The van der Waals surface area contributed by atoms with Crippen LogP contribution >= 0.6 is 0 Å². The number of aromatic nitrogens is 2. The van der Waals surface area contributed by atoms with E-state index in [-0.39, 0.29) is 18.0 Å². The molecule has 0 amide bonds. The molecule has 0 fully saturated rings. The summed E-state index contributed by atoms with van der Waals surface area (Å²) in [5.74, 6) is 0.919. The minimum Gasteiger partial charge on any atom is -0.489 e. The molecule has 0 saturated carbocycles. The summed E-state index contributed by atoms with van der Waals surface area (Å²) in [6, 6.07) is 23.8. The molecule has 0 aliphatic rings. The van der Waals surface area contributed by atoms with Crippen LogP contribution in [0.25, 0.3) is 10.9 Å². The number of nitrogens with one attached hydrogen (secondary N) is 1. The molecule has 32 heavy (non-hydrogen) atoms. The topological polar surface area (TPSA) is 90.5 Å². The highest BCUT2D eigenvalue weighted by Gasteiger charge is 2.16. The van der Waals surface area contributed by atoms with Gasteiger partial charge in [0.1, 0.15) is 18.1 Å². The second-order valence-electron chi connectivity index (χ2n) is 7.13. The number of ether oxygens (including phenoxy) is 3. The van der Waals surface area contributed by atoms with E-state index in [1.54, 1.807) is 55.5 Å². The average molecular weight is 430 g/mol. The number of nitrogens with zero attached hydrogens (tertiary/aromatic N) is 1. The summed E-state index contributed by atoms with van der Waals surface area (Å²) < 4.78 is 16.6. The molecule has 4 rings (SSSR count). The Morgan fingerprint density at radius 1 is 0.906 bits per heavy atom. The zero-order chi connectivity index (χ0) is 22.3. The Bertz CT molecular complexity index is 1250. The monoisotopic (exact) mass is 430 g/mol. The summed E-state index contributed by atoms with van der Waals surface area (Å²) in [5.41, 5.74) is 1.34. The quantitative estimate of drug-likeness (QED) is 0.422. The number of aromatic amines is 1. The second-order valence-corrected chi connectivity index (χ2v) is 7.13. The summed E-state index contributed by atoms with van der Waals surface area (Å²) in [7, 11) is 0. The van der Waals surface area contributed by atoms with Gasteiger partial charge in [0.2, 0.25) is 0 Å². The molecule has 0 spiro atoms. The fourth-order valence-corrected chi connectivity index (χ4v) is 3.10. The molecule has 7 heteroatoms. The summed E-state index contributed by atoms with van der Waals surface area (Å²) in [5, 5.41) is 0.481. The van der Waals surface area contributed by atoms with E-state index in [1.165, 1.54) is 0 Å². The molecule has 0 saturated heterocycles. The van der Waals surface area contributed by atoms with Gasteiger partial charge in [-0.25, -0.2) is 9.78 Å². The Morgan fingerprint density at radius 2 is 1.56 bits per heavy atom. The third kappa shape index (κ3) is 5.31. The third-order valence-corrected chi connectivity index (χ3v) is 4.75. The van der Waals surface area contributed by atoms with Gasteiger partial charge < -0.3 is 19.2 Å². The summed E-state index contributed by atoms with van der Waals surface area (Å²) in [6.07, 6.45) is -0.725. The van der Waals surface area contributed by atoms with Crippen LogP contribution in [0.2, 0.25) is 0 Å². The Morgan fingerprint density at radius 3 is 2.31 bits per heavy atom. The lowest BCUT2D eigenvalue weighted by molar-refractivity contribution is -0.151. The smallest absolute Gasteiger partial charge is 0.344 e. The van der Waals surface area contributed by atoms with Crippen LogP contribution in [0.4, 0.5) is 0 Å². The van der Waals surface area contributed by atoms with Gasteiger partial charge in [-0.2, -0.15) is 0 Å². The van der Waals surface area contributed by atoms with E-state index in [1.807, 2.05) is 30.3 Å². The highest BCUT2D eigenvalue weighted by molar-refractivity contribution is 5.77. The lowest BCUT2D eigenvalue weighted by Crippen LogP contribution is -2.20. The number of fused-ring (bicyclic) bond motifs is 1. The van der Waals surface area contributed by atoms with Gasteiger partial charge in [0, 0.05) is 0 Å². The number of carbonyl (C=O) groups excluding carboxylic acids is 1. The Kier molecular flexibility index (Phi) is 6.46. The Labute approximate surface area is 184 Å². The maximum atomic E-state index is 12.2. The van der Waals surface area contributed by atoms with E-state index < -0.39 is 12.1 Å². The number of benzene rings is 3. The number of hydrogen-bond donors (Lipinski definition) is 1. The van der Waals surface area contributed by atoms with Gasteiger partial charge in [-0.05, 0) is 48.9 Å². The highest BCUT2D eigenvalue weighted by Crippen LogP contribution is 2.19. The highest BCUT2D eigenvalue weighted by atomic mass is 16.6. The van der Waals surface area contributed by atoms with E-state index in [2.05, 4.69) is 9.97 Å². The lowest BCUT2D eigenvalue weighted by Gasteiger charge is -2.13. The van der Waals surface area contributed by atoms with E-state index in [0.717, 1.165) is 5.56 Å². The molecule has 1 atom stereocenters. The predicted molar refractivity (Wildman–Crippen MR) is 120 cm³/mol. The molecule has 7 nitrogen and oxygen atoms in total. The number of carbonyl (C=O) groups is 1. The molecular formula is C25H22N2O5. The first kappa shape index (κ1) is 21.1. The van der Waals surface area contributed by atoms with E-state index >= 15 is 0 Å². The Hall–Kier alpha value is -4.13. The number of esters is 1. The maximum Gasteiger partial charge on any atom is 0.344 e. The zero-order valence-corrected chi connectivity index (χ0v) is 17.5. The molecule has 0 bridgehead atoms. The van der Waals surface area contributed by atoms with Gasteiger partial charge in [-0.3, -0.25) is 4.79 Å². The minimum atomic E-state index is -0.725. The molecule has 1 N–H and O–H groups in total. The zero-order valence-electron chi connectivity index (χ0n) is 17.5.